The maximum Gasteiger partial charge on any atom is 0.119 e. The molecule has 0 saturated heterocycles. The van der Waals surface area contributed by atoms with E-state index < -0.39 is 0 Å². The van der Waals surface area contributed by atoms with Crippen LogP contribution in [0.15, 0.2) is 24.3 Å². The first-order chi connectivity index (χ1) is 8.93. The second-order valence-corrected chi connectivity index (χ2v) is 6.27. The second-order valence-electron chi connectivity index (χ2n) is 6.27. The highest BCUT2D eigenvalue weighted by molar-refractivity contribution is 5.32. The molecule has 0 radical (unpaired) electrons. The van der Waals surface area contributed by atoms with E-state index in [1.807, 2.05) is 6.07 Å². The minimum atomic E-state index is 0.174. The molecular weight excluding hydrogens is 234 g/mol. The van der Waals surface area contributed by atoms with Gasteiger partial charge in [-0.25, -0.2) is 0 Å². The van der Waals surface area contributed by atoms with Gasteiger partial charge < -0.3 is 10.1 Å². The molecule has 0 aliphatic carbocycles. The molecule has 1 N–H and O–H groups in total. The van der Waals surface area contributed by atoms with Gasteiger partial charge in [-0.3, -0.25) is 0 Å². The number of hydrogen-bond acceptors (Lipinski definition) is 2. The number of rotatable bonds is 7. The first-order valence-electron chi connectivity index (χ1n) is 7.40. The maximum atomic E-state index is 5.81. The van der Waals surface area contributed by atoms with Crippen LogP contribution in [0.4, 0.5) is 0 Å². The minimum Gasteiger partial charge on any atom is -0.492 e. The Balaban J connectivity index is 2.38. The zero-order chi connectivity index (χ0) is 14.3. The van der Waals surface area contributed by atoms with Gasteiger partial charge in [0.15, 0.2) is 0 Å². The Morgan fingerprint density at radius 1 is 1.26 bits per heavy atom. The summed E-state index contributed by atoms with van der Waals surface area (Å²) < 4.78 is 5.81. The summed E-state index contributed by atoms with van der Waals surface area (Å²) in [6.07, 6.45) is 2.45. The van der Waals surface area contributed by atoms with Crippen LogP contribution in [0.2, 0.25) is 0 Å². The van der Waals surface area contributed by atoms with Crippen LogP contribution in [0.3, 0.4) is 0 Å². The number of nitrogens with one attached hydrogen (secondary N) is 1. The van der Waals surface area contributed by atoms with E-state index >= 15 is 0 Å². The number of benzene rings is 1. The Morgan fingerprint density at radius 3 is 2.63 bits per heavy atom. The van der Waals surface area contributed by atoms with Crippen LogP contribution in [-0.4, -0.2) is 19.2 Å². The average Bonchev–Trinajstić information content (AvgIpc) is 2.34. The van der Waals surface area contributed by atoms with Gasteiger partial charge in [-0.2, -0.15) is 0 Å². The van der Waals surface area contributed by atoms with E-state index in [4.69, 9.17) is 4.74 Å². The van der Waals surface area contributed by atoms with Gasteiger partial charge in [0, 0.05) is 12.6 Å². The fourth-order valence-corrected chi connectivity index (χ4v) is 2.06. The highest BCUT2D eigenvalue weighted by atomic mass is 16.5. The highest BCUT2D eigenvalue weighted by Gasteiger charge is 2.13. The Hall–Kier alpha value is -1.02. The summed E-state index contributed by atoms with van der Waals surface area (Å²) >= 11 is 0. The summed E-state index contributed by atoms with van der Waals surface area (Å²) in [6, 6.07) is 8.99. The SMILES string of the molecule is CCCC(C)NCCOc1cccc(C(C)(C)C)c1. The highest BCUT2D eigenvalue weighted by Crippen LogP contribution is 2.25. The summed E-state index contributed by atoms with van der Waals surface area (Å²) in [5.41, 5.74) is 1.49. The van der Waals surface area contributed by atoms with E-state index in [2.05, 4.69) is 58.1 Å². The molecule has 0 fully saturated rings. The molecule has 0 spiro atoms. The van der Waals surface area contributed by atoms with E-state index in [0.717, 1.165) is 18.9 Å². The van der Waals surface area contributed by atoms with Crippen molar-refractivity contribution in [2.45, 2.75) is 58.9 Å². The summed E-state index contributed by atoms with van der Waals surface area (Å²) in [6.45, 7) is 12.7. The topological polar surface area (TPSA) is 21.3 Å². The Bertz CT molecular complexity index is 368. The first-order valence-corrected chi connectivity index (χ1v) is 7.40. The van der Waals surface area contributed by atoms with E-state index in [9.17, 15) is 0 Å². The minimum absolute atomic E-state index is 0.174. The molecule has 0 aromatic heterocycles. The molecule has 1 rings (SSSR count). The van der Waals surface area contributed by atoms with Gasteiger partial charge in [0.25, 0.3) is 0 Å². The van der Waals surface area contributed by atoms with Crippen LogP contribution in [0.25, 0.3) is 0 Å². The molecule has 0 aliphatic rings. The average molecular weight is 263 g/mol. The Morgan fingerprint density at radius 2 is 2.00 bits per heavy atom. The fraction of sp³-hybridized carbons (Fsp3) is 0.647. The summed E-state index contributed by atoms with van der Waals surface area (Å²) in [5.74, 6) is 0.970. The molecule has 0 aliphatic heterocycles. The molecule has 0 bridgehead atoms. The Labute approximate surface area is 118 Å². The molecule has 0 amide bonds. The second kappa shape index (κ2) is 7.54. The standard InChI is InChI=1S/C17H29NO/c1-6-8-14(2)18-11-12-19-16-10-7-9-15(13-16)17(3,4)5/h7,9-10,13-14,18H,6,8,11-12H2,1-5H3. The van der Waals surface area contributed by atoms with Gasteiger partial charge in [-0.15, -0.1) is 0 Å². The number of ether oxygens (including phenoxy) is 1. The van der Waals surface area contributed by atoms with Crippen LogP contribution in [0.1, 0.15) is 53.0 Å². The van der Waals surface area contributed by atoms with Crippen molar-refractivity contribution in [1.82, 2.24) is 5.32 Å². The van der Waals surface area contributed by atoms with Crippen molar-refractivity contribution >= 4 is 0 Å². The van der Waals surface area contributed by atoms with Crippen molar-refractivity contribution in [3.05, 3.63) is 29.8 Å². The molecule has 2 heteroatoms. The molecule has 1 unspecified atom stereocenters. The van der Waals surface area contributed by atoms with Crippen molar-refractivity contribution in [3.8, 4) is 5.75 Å². The van der Waals surface area contributed by atoms with Gasteiger partial charge >= 0.3 is 0 Å². The molecule has 1 aromatic rings. The zero-order valence-electron chi connectivity index (χ0n) is 13.1. The van der Waals surface area contributed by atoms with E-state index in [-0.39, 0.29) is 5.41 Å². The summed E-state index contributed by atoms with van der Waals surface area (Å²) in [4.78, 5) is 0. The molecule has 108 valence electrons. The van der Waals surface area contributed by atoms with Crippen LogP contribution >= 0.6 is 0 Å². The lowest BCUT2D eigenvalue weighted by Crippen LogP contribution is -2.30. The monoisotopic (exact) mass is 263 g/mol. The van der Waals surface area contributed by atoms with Crippen molar-refractivity contribution in [2.24, 2.45) is 0 Å². The third kappa shape index (κ3) is 6.11. The van der Waals surface area contributed by atoms with E-state index in [1.165, 1.54) is 18.4 Å². The van der Waals surface area contributed by atoms with Crippen molar-refractivity contribution < 1.29 is 4.74 Å². The van der Waals surface area contributed by atoms with Crippen LogP contribution in [0, 0.1) is 0 Å². The van der Waals surface area contributed by atoms with Crippen molar-refractivity contribution in [2.75, 3.05) is 13.2 Å². The number of hydrogen-bond donors (Lipinski definition) is 1. The fourth-order valence-electron chi connectivity index (χ4n) is 2.06. The molecule has 19 heavy (non-hydrogen) atoms. The summed E-state index contributed by atoms with van der Waals surface area (Å²) in [5, 5.41) is 3.47. The smallest absolute Gasteiger partial charge is 0.119 e. The van der Waals surface area contributed by atoms with Crippen LogP contribution in [0.5, 0.6) is 5.75 Å². The van der Waals surface area contributed by atoms with E-state index in [1.54, 1.807) is 0 Å². The molecule has 0 heterocycles. The first kappa shape index (κ1) is 16.0. The predicted molar refractivity (Wildman–Crippen MR) is 83.0 cm³/mol. The predicted octanol–water partition coefficient (Wildman–Crippen LogP) is 4.14. The molecule has 1 aromatic carbocycles. The van der Waals surface area contributed by atoms with Gasteiger partial charge in [0.05, 0.1) is 0 Å². The van der Waals surface area contributed by atoms with E-state index in [0.29, 0.717) is 6.04 Å². The quantitative estimate of drug-likeness (QED) is 0.746. The van der Waals surface area contributed by atoms with Gasteiger partial charge in [-0.05, 0) is 36.5 Å². The molecule has 2 nitrogen and oxygen atoms in total. The normalized spacial score (nSPS) is 13.3. The van der Waals surface area contributed by atoms with Gasteiger partial charge in [0.2, 0.25) is 0 Å². The molecular formula is C17H29NO. The van der Waals surface area contributed by atoms with Crippen molar-refractivity contribution in [1.29, 1.82) is 0 Å². The largest absolute Gasteiger partial charge is 0.492 e. The van der Waals surface area contributed by atoms with Crippen molar-refractivity contribution in [3.63, 3.8) is 0 Å². The van der Waals surface area contributed by atoms with Gasteiger partial charge in [-0.1, -0.05) is 46.2 Å². The lowest BCUT2D eigenvalue weighted by atomic mass is 9.87. The Kier molecular flexibility index (Phi) is 6.36. The van der Waals surface area contributed by atoms with Gasteiger partial charge in [0.1, 0.15) is 12.4 Å². The lowest BCUT2D eigenvalue weighted by Gasteiger charge is -2.20. The molecule has 0 saturated carbocycles. The summed E-state index contributed by atoms with van der Waals surface area (Å²) in [7, 11) is 0. The lowest BCUT2D eigenvalue weighted by molar-refractivity contribution is 0.304. The van der Waals surface area contributed by atoms with Crippen LogP contribution in [-0.2, 0) is 5.41 Å². The maximum absolute atomic E-state index is 5.81. The molecule has 1 atom stereocenters. The zero-order valence-corrected chi connectivity index (χ0v) is 13.1. The third-order valence-corrected chi connectivity index (χ3v) is 3.29. The van der Waals surface area contributed by atoms with Crippen LogP contribution < -0.4 is 10.1 Å². The third-order valence-electron chi connectivity index (χ3n) is 3.29.